The first kappa shape index (κ1) is 12.8. The minimum Gasteiger partial charge on any atom is -0.306 e. The molecule has 1 heteroatoms. The van der Waals surface area contributed by atoms with Gasteiger partial charge in [0.2, 0.25) is 0 Å². The Bertz CT molecular complexity index is 476. The first-order chi connectivity index (χ1) is 8.95. The second-order valence-corrected chi connectivity index (χ2v) is 4.25. The molecule has 0 amide bonds. The molecule has 1 N–H and O–H groups in total. The van der Waals surface area contributed by atoms with E-state index in [1.165, 1.54) is 16.7 Å². The smallest absolute Gasteiger partial charge is 0.0579 e. The van der Waals surface area contributed by atoms with Crippen molar-refractivity contribution in [3.8, 4) is 0 Å². The fourth-order valence-corrected chi connectivity index (χ4v) is 2.45. The lowest BCUT2D eigenvalue weighted by Crippen LogP contribution is -2.30. The van der Waals surface area contributed by atoms with E-state index in [-0.39, 0.29) is 0 Å². The van der Waals surface area contributed by atoms with Crippen LogP contribution in [-0.2, 0) is 6.42 Å². The van der Waals surface area contributed by atoms with Crippen molar-refractivity contribution in [3.05, 3.63) is 71.3 Å². The van der Waals surface area contributed by atoms with Gasteiger partial charge in [0.05, 0.1) is 6.04 Å². The van der Waals surface area contributed by atoms with Crippen LogP contribution in [0.15, 0.2) is 54.6 Å². The van der Waals surface area contributed by atoms with Crippen LogP contribution in [-0.4, -0.2) is 6.54 Å². The minimum atomic E-state index is 0.367. The molecule has 94 valence electrons. The molecule has 0 unspecified atom stereocenters. The van der Waals surface area contributed by atoms with Gasteiger partial charge in [-0.15, -0.1) is 0 Å². The largest absolute Gasteiger partial charge is 0.306 e. The summed E-state index contributed by atoms with van der Waals surface area (Å²) in [5.74, 6) is 0. The molecule has 0 saturated heterocycles. The highest BCUT2D eigenvalue weighted by molar-refractivity contribution is 5.39. The average molecular weight is 239 g/mol. The molecule has 0 aliphatic carbocycles. The second-order valence-electron chi connectivity index (χ2n) is 4.25. The van der Waals surface area contributed by atoms with Crippen LogP contribution >= 0.6 is 0 Å². The summed E-state index contributed by atoms with van der Waals surface area (Å²) in [6.45, 7) is 5.07. The van der Waals surface area contributed by atoms with Crippen LogP contribution in [0.1, 0.15) is 36.6 Å². The van der Waals surface area contributed by atoms with Crippen molar-refractivity contribution in [2.24, 2.45) is 0 Å². The maximum absolute atomic E-state index is 3.59. The molecule has 0 fully saturated rings. The van der Waals surface area contributed by atoms with Crippen molar-refractivity contribution in [2.75, 3.05) is 6.54 Å². The van der Waals surface area contributed by atoms with E-state index >= 15 is 0 Å². The Labute approximate surface area is 110 Å². The van der Waals surface area contributed by atoms with E-state index in [0.29, 0.717) is 6.04 Å². The van der Waals surface area contributed by atoms with Crippen molar-refractivity contribution in [2.45, 2.75) is 26.3 Å². The quantitative estimate of drug-likeness (QED) is 0.794. The van der Waals surface area contributed by atoms with E-state index in [1.807, 2.05) is 13.8 Å². The lowest BCUT2D eigenvalue weighted by atomic mass is 9.90. The van der Waals surface area contributed by atoms with Gasteiger partial charge < -0.3 is 5.32 Å². The summed E-state index contributed by atoms with van der Waals surface area (Å²) in [6.07, 6.45) is 1.14. The molecule has 0 saturated carbocycles. The third-order valence-electron chi connectivity index (χ3n) is 3.24. The fourth-order valence-electron chi connectivity index (χ4n) is 2.45. The molecule has 0 bridgehead atoms. The van der Waals surface area contributed by atoms with Gasteiger partial charge in [0.1, 0.15) is 0 Å². The molecule has 1 aliphatic heterocycles. The Morgan fingerprint density at radius 3 is 2.33 bits per heavy atom. The lowest BCUT2D eigenvalue weighted by molar-refractivity contribution is 0.568. The maximum atomic E-state index is 3.59. The van der Waals surface area contributed by atoms with Crippen LogP contribution in [0, 0.1) is 0 Å². The monoisotopic (exact) mass is 239 g/mol. The molecule has 0 radical (unpaired) electrons. The zero-order valence-corrected chi connectivity index (χ0v) is 11.2. The number of rotatable bonds is 1. The lowest BCUT2D eigenvalue weighted by Gasteiger charge is -2.27. The highest BCUT2D eigenvalue weighted by atomic mass is 14.9. The van der Waals surface area contributed by atoms with Crippen LogP contribution in [0.4, 0.5) is 0 Å². The van der Waals surface area contributed by atoms with Crippen molar-refractivity contribution in [1.29, 1.82) is 0 Å². The Kier molecular flexibility index (Phi) is 4.54. The molecule has 0 spiro atoms. The van der Waals surface area contributed by atoms with E-state index in [4.69, 9.17) is 0 Å². The van der Waals surface area contributed by atoms with Crippen LogP contribution < -0.4 is 5.32 Å². The van der Waals surface area contributed by atoms with Crippen molar-refractivity contribution in [3.63, 3.8) is 0 Å². The standard InChI is InChI=1S/C15H15N.C2H6/c1-2-7-13(8-3-1)15-14-9-5-4-6-12(14)10-11-16-15;1-2/h1-9,15-16H,10-11H2;1-2H3/t15-;/m0./s1. The molecule has 1 heterocycles. The van der Waals surface area contributed by atoms with E-state index in [9.17, 15) is 0 Å². The van der Waals surface area contributed by atoms with Gasteiger partial charge >= 0.3 is 0 Å². The van der Waals surface area contributed by atoms with Crippen LogP contribution in [0.3, 0.4) is 0 Å². The summed E-state index contributed by atoms with van der Waals surface area (Å²) in [5, 5.41) is 3.59. The van der Waals surface area contributed by atoms with Crippen molar-refractivity contribution < 1.29 is 0 Å². The summed E-state index contributed by atoms with van der Waals surface area (Å²) >= 11 is 0. The molecular weight excluding hydrogens is 218 g/mol. The molecule has 1 aliphatic rings. The molecule has 0 aromatic heterocycles. The third kappa shape index (κ3) is 2.62. The average Bonchev–Trinajstić information content (AvgIpc) is 2.50. The van der Waals surface area contributed by atoms with Crippen LogP contribution in [0.25, 0.3) is 0 Å². The van der Waals surface area contributed by atoms with Gasteiger partial charge in [0.25, 0.3) is 0 Å². The fraction of sp³-hybridized carbons (Fsp3) is 0.294. The maximum Gasteiger partial charge on any atom is 0.0579 e. The Morgan fingerprint density at radius 1 is 0.889 bits per heavy atom. The summed E-state index contributed by atoms with van der Waals surface area (Å²) in [4.78, 5) is 0. The van der Waals surface area contributed by atoms with Crippen molar-refractivity contribution >= 4 is 0 Å². The normalized spacial score (nSPS) is 17.3. The van der Waals surface area contributed by atoms with E-state index in [0.717, 1.165) is 13.0 Å². The summed E-state index contributed by atoms with van der Waals surface area (Å²) in [6, 6.07) is 19.8. The van der Waals surface area contributed by atoms with Gasteiger partial charge in [-0.2, -0.15) is 0 Å². The van der Waals surface area contributed by atoms with Gasteiger partial charge in [0, 0.05) is 6.54 Å². The summed E-state index contributed by atoms with van der Waals surface area (Å²) in [7, 11) is 0. The minimum absolute atomic E-state index is 0.367. The van der Waals surface area contributed by atoms with E-state index < -0.39 is 0 Å². The third-order valence-corrected chi connectivity index (χ3v) is 3.24. The van der Waals surface area contributed by atoms with Crippen LogP contribution in [0.5, 0.6) is 0 Å². The number of hydrogen-bond acceptors (Lipinski definition) is 1. The van der Waals surface area contributed by atoms with Gasteiger partial charge in [-0.25, -0.2) is 0 Å². The number of fused-ring (bicyclic) bond motifs is 1. The Morgan fingerprint density at radius 2 is 1.56 bits per heavy atom. The predicted octanol–water partition coefficient (Wildman–Crippen LogP) is 3.95. The van der Waals surface area contributed by atoms with E-state index in [1.54, 1.807) is 0 Å². The number of benzene rings is 2. The highest BCUT2D eigenvalue weighted by Crippen LogP contribution is 2.27. The zero-order valence-electron chi connectivity index (χ0n) is 11.2. The second kappa shape index (κ2) is 6.36. The SMILES string of the molecule is CC.c1ccc([C@@H]2NCCc3ccccc32)cc1. The van der Waals surface area contributed by atoms with Gasteiger partial charge in [-0.3, -0.25) is 0 Å². The first-order valence-corrected chi connectivity index (χ1v) is 6.81. The predicted molar refractivity (Wildman–Crippen MR) is 77.8 cm³/mol. The van der Waals surface area contributed by atoms with Gasteiger partial charge in [0.15, 0.2) is 0 Å². The first-order valence-electron chi connectivity index (χ1n) is 6.81. The Hall–Kier alpha value is -1.60. The molecule has 1 nitrogen and oxygen atoms in total. The Balaban J connectivity index is 0.000000574. The van der Waals surface area contributed by atoms with Gasteiger partial charge in [-0.05, 0) is 23.1 Å². The summed E-state index contributed by atoms with van der Waals surface area (Å²) in [5.41, 5.74) is 4.27. The topological polar surface area (TPSA) is 12.0 Å². The molecule has 18 heavy (non-hydrogen) atoms. The number of nitrogens with one attached hydrogen (secondary N) is 1. The molecule has 3 rings (SSSR count). The van der Waals surface area contributed by atoms with Crippen molar-refractivity contribution in [1.82, 2.24) is 5.32 Å². The summed E-state index contributed by atoms with van der Waals surface area (Å²) < 4.78 is 0. The number of hydrogen-bond donors (Lipinski definition) is 1. The molecule has 2 aromatic carbocycles. The highest BCUT2D eigenvalue weighted by Gasteiger charge is 2.19. The molecular formula is C17H21N. The molecule has 2 aromatic rings. The molecule has 1 atom stereocenters. The van der Waals surface area contributed by atoms with E-state index in [2.05, 4.69) is 59.9 Å². The zero-order chi connectivity index (χ0) is 12.8. The van der Waals surface area contributed by atoms with Crippen LogP contribution in [0.2, 0.25) is 0 Å². The van der Waals surface area contributed by atoms with Gasteiger partial charge in [-0.1, -0.05) is 68.4 Å².